The van der Waals surface area contributed by atoms with Crippen molar-refractivity contribution in [1.29, 1.82) is 10.5 Å². The highest BCUT2D eigenvalue weighted by atomic mass is 19.1. The molecule has 3 heterocycles. The number of halogens is 2. The third-order valence-electron chi connectivity index (χ3n) is 5.89. The van der Waals surface area contributed by atoms with E-state index in [2.05, 4.69) is 64.5 Å². The van der Waals surface area contributed by atoms with Crippen LogP contribution in [0.4, 0.5) is 20.2 Å². The van der Waals surface area contributed by atoms with Crippen LogP contribution in [0.15, 0.2) is 42.1 Å². The summed E-state index contributed by atoms with van der Waals surface area (Å²) in [6, 6.07) is 9.63. The fourth-order valence-corrected chi connectivity index (χ4v) is 4.04. The van der Waals surface area contributed by atoms with Gasteiger partial charge in [-0.05, 0) is 30.5 Å². The molecule has 9 nitrogen and oxygen atoms in total. The van der Waals surface area contributed by atoms with Gasteiger partial charge in [0.05, 0.1) is 28.4 Å². The number of anilines is 2. The standard InChI is InChI=1S/C26H27F2N9/c1-14-18(6-7-20(27)33-14)23(24-25(28)37(5)36-35-24)34-17-8-15(10-29)21-19(9-17)22(16(11-30)12-31-21)32-13-26(2,3)4/h6-9,12,23,34-36H,13H2,1-5H3,(H,31,32)/t23-/m0/s1. The second kappa shape index (κ2) is 9.88. The largest absolute Gasteiger partial charge is 0.383 e. The molecular formula is C26H27F2N9. The van der Waals surface area contributed by atoms with E-state index in [1.165, 1.54) is 30.4 Å². The highest BCUT2D eigenvalue weighted by Gasteiger charge is 2.30. The van der Waals surface area contributed by atoms with Crippen LogP contribution >= 0.6 is 0 Å². The lowest BCUT2D eigenvalue weighted by Gasteiger charge is -2.24. The normalized spacial score (nSPS) is 14.2. The summed E-state index contributed by atoms with van der Waals surface area (Å²) in [5.74, 6) is -1.21. The van der Waals surface area contributed by atoms with Crippen molar-refractivity contribution in [2.24, 2.45) is 5.41 Å². The van der Waals surface area contributed by atoms with E-state index < -0.39 is 17.9 Å². The van der Waals surface area contributed by atoms with Crippen molar-refractivity contribution >= 4 is 22.3 Å². The van der Waals surface area contributed by atoms with Gasteiger partial charge in [0, 0.05) is 42.1 Å². The van der Waals surface area contributed by atoms with Gasteiger partial charge in [0.25, 0.3) is 0 Å². The molecule has 3 aromatic rings. The van der Waals surface area contributed by atoms with E-state index >= 15 is 4.39 Å². The zero-order chi connectivity index (χ0) is 26.9. The number of aromatic nitrogens is 2. The van der Waals surface area contributed by atoms with Crippen LogP contribution in [0.2, 0.25) is 0 Å². The Hall–Kier alpha value is -4.48. The van der Waals surface area contributed by atoms with Crippen molar-refractivity contribution in [3.05, 3.63) is 70.4 Å². The first-order chi connectivity index (χ1) is 17.5. The van der Waals surface area contributed by atoms with Crippen molar-refractivity contribution in [2.45, 2.75) is 33.7 Å². The lowest BCUT2D eigenvalue weighted by molar-refractivity contribution is 0.251. The number of benzene rings is 1. The first-order valence-electron chi connectivity index (χ1n) is 11.6. The smallest absolute Gasteiger partial charge is 0.228 e. The van der Waals surface area contributed by atoms with Crippen LogP contribution in [0.5, 0.6) is 0 Å². The molecule has 1 aliphatic rings. The first kappa shape index (κ1) is 25.6. The van der Waals surface area contributed by atoms with E-state index in [1.807, 2.05) is 0 Å². The van der Waals surface area contributed by atoms with Gasteiger partial charge in [-0.2, -0.15) is 19.3 Å². The minimum absolute atomic E-state index is 0.0778. The van der Waals surface area contributed by atoms with Crippen LogP contribution in [0.25, 0.3) is 10.9 Å². The van der Waals surface area contributed by atoms with E-state index in [9.17, 15) is 14.9 Å². The van der Waals surface area contributed by atoms with Gasteiger partial charge in [0.15, 0.2) is 0 Å². The molecule has 0 fully saturated rings. The van der Waals surface area contributed by atoms with Crippen molar-refractivity contribution in [2.75, 3.05) is 24.2 Å². The van der Waals surface area contributed by atoms with Crippen molar-refractivity contribution in [3.8, 4) is 12.1 Å². The topological polar surface area (TPSA) is 125 Å². The van der Waals surface area contributed by atoms with Crippen LogP contribution in [-0.4, -0.2) is 28.6 Å². The molecule has 0 amide bonds. The predicted molar refractivity (Wildman–Crippen MR) is 137 cm³/mol. The number of fused-ring (bicyclic) bond motifs is 1. The Morgan fingerprint density at radius 3 is 2.46 bits per heavy atom. The average Bonchev–Trinajstić information content (AvgIpc) is 3.18. The van der Waals surface area contributed by atoms with Gasteiger partial charge in [-0.15, -0.1) is 5.53 Å². The van der Waals surface area contributed by atoms with E-state index in [0.717, 1.165) is 0 Å². The number of hydrogen-bond donors (Lipinski definition) is 4. The summed E-state index contributed by atoms with van der Waals surface area (Å²) in [5, 5.41) is 28.0. The lowest BCUT2D eigenvalue weighted by atomic mass is 9.96. The summed E-state index contributed by atoms with van der Waals surface area (Å²) in [6.45, 7) is 8.40. The maximum Gasteiger partial charge on any atom is 0.228 e. The van der Waals surface area contributed by atoms with Crippen LogP contribution in [0.3, 0.4) is 0 Å². The molecule has 0 radical (unpaired) electrons. The number of nitrogens with one attached hydrogen (secondary N) is 4. The maximum atomic E-state index is 15.0. The van der Waals surface area contributed by atoms with Crippen LogP contribution in [0.1, 0.15) is 49.2 Å². The van der Waals surface area contributed by atoms with Gasteiger partial charge in [-0.3, -0.25) is 9.99 Å². The number of pyridine rings is 2. The Labute approximate surface area is 213 Å². The fourth-order valence-electron chi connectivity index (χ4n) is 4.04. The summed E-state index contributed by atoms with van der Waals surface area (Å²) in [4.78, 5) is 8.26. The molecule has 37 heavy (non-hydrogen) atoms. The van der Waals surface area contributed by atoms with Gasteiger partial charge in [-0.25, -0.2) is 4.98 Å². The SMILES string of the molecule is Cc1nc(F)ccc1[C@H](Nc1cc(C#N)c2ncc(C#N)c(NCC(C)(C)C)c2c1)C1=C(F)N(C)NN1. The van der Waals surface area contributed by atoms with Crippen molar-refractivity contribution in [1.82, 2.24) is 25.9 Å². The quantitative estimate of drug-likeness (QED) is 0.284. The molecule has 4 N–H and O–H groups in total. The van der Waals surface area contributed by atoms with Gasteiger partial charge >= 0.3 is 0 Å². The average molecular weight is 504 g/mol. The van der Waals surface area contributed by atoms with E-state index in [-0.39, 0.29) is 16.7 Å². The number of nitrogens with zero attached hydrogens (tertiary/aromatic N) is 5. The van der Waals surface area contributed by atoms with Crippen LogP contribution in [-0.2, 0) is 0 Å². The lowest BCUT2D eigenvalue weighted by Crippen LogP contribution is -2.35. The summed E-state index contributed by atoms with van der Waals surface area (Å²) in [5.41, 5.74) is 8.57. The van der Waals surface area contributed by atoms with Gasteiger partial charge < -0.3 is 16.1 Å². The van der Waals surface area contributed by atoms with Crippen LogP contribution in [0, 0.1) is 40.9 Å². The number of hydrogen-bond acceptors (Lipinski definition) is 9. The van der Waals surface area contributed by atoms with Crippen molar-refractivity contribution in [3.63, 3.8) is 0 Å². The molecule has 0 aliphatic carbocycles. The highest BCUT2D eigenvalue weighted by molar-refractivity contribution is 5.99. The van der Waals surface area contributed by atoms with Crippen molar-refractivity contribution < 1.29 is 8.78 Å². The molecule has 2 aromatic heterocycles. The molecule has 0 saturated carbocycles. The molecule has 0 saturated heterocycles. The molecule has 0 bridgehead atoms. The first-order valence-corrected chi connectivity index (χ1v) is 11.6. The Morgan fingerprint density at radius 2 is 1.86 bits per heavy atom. The molecule has 1 atom stereocenters. The van der Waals surface area contributed by atoms with Gasteiger partial charge in [0.1, 0.15) is 17.8 Å². The zero-order valence-electron chi connectivity index (χ0n) is 21.2. The monoisotopic (exact) mass is 503 g/mol. The van der Waals surface area contributed by atoms with E-state index in [0.29, 0.717) is 45.6 Å². The Bertz CT molecular complexity index is 1480. The number of nitriles is 2. The third-order valence-corrected chi connectivity index (χ3v) is 5.89. The van der Waals surface area contributed by atoms with Gasteiger partial charge in [0.2, 0.25) is 11.9 Å². The summed E-state index contributed by atoms with van der Waals surface area (Å²) in [7, 11) is 1.51. The third kappa shape index (κ3) is 5.22. The number of aryl methyl sites for hydroxylation is 1. The number of hydrazine groups is 2. The Kier molecular flexibility index (Phi) is 6.84. The molecule has 0 unspecified atom stereocenters. The molecule has 190 valence electrons. The summed E-state index contributed by atoms with van der Waals surface area (Å²) >= 11 is 0. The summed E-state index contributed by atoms with van der Waals surface area (Å²) < 4.78 is 28.8. The molecule has 4 rings (SSSR count). The van der Waals surface area contributed by atoms with E-state index in [4.69, 9.17) is 0 Å². The molecule has 11 heteroatoms. The molecule has 0 spiro atoms. The van der Waals surface area contributed by atoms with Crippen LogP contribution < -0.4 is 21.6 Å². The Balaban J connectivity index is 1.88. The molecular weight excluding hydrogens is 476 g/mol. The molecule has 1 aliphatic heterocycles. The highest BCUT2D eigenvalue weighted by Crippen LogP contribution is 2.35. The zero-order valence-corrected chi connectivity index (χ0v) is 21.2. The minimum Gasteiger partial charge on any atom is -0.383 e. The number of rotatable bonds is 6. The maximum absolute atomic E-state index is 15.0. The summed E-state index contributed by atoms with van der Waals surface area (Å²) in [6.07, 6.45) is 1.45. The van der Waals surface area contributed by atoms with E-state index in [1.54, 1.807) is 19.1 Å². The second-order valence-electron chi connectivity index (χ2n) is 9.99. The predicted octanol–water partition coefficient (Wildman–Crippen LogP) is 4.53. The molecule has 1 aromatic carbocycles. The fraction of sp³-hybridized carbons (Fsp3) is 0.308. The minimum atomic E-state index is -0.812. The Morgan fingerprint density at radius 1 is 1.14 bits per heavy atom. The van der Waals surface area contributed by atoms with Gasteiger partial charge in [-0.1, -0.05) is 26.8 Å². The second-order valence-corrected chi connectivity index (χ2v) is 9.99.